The number of carbonyl (C=O) groups is 1. The fraction of sp³-hybridized carbons (Fsp3) is 0.316. The Morgan fingerprint density at radius 1 is 1.09 bits per heavy atom. The van der Waals surface area contributed by atoms with Gasteiger partial charge < -0.3 is 10.1 Å². The molecule has 0 spiro atoms. The lowest BCUT2D eigenvalue weighted by Gasteiger charge is -2.32. The Bertz CT molecular complexity index is 622. The van der Waals surface area contributed by atoms with Crippen molar-refractivity contribution in [3.05, 3.63) is 71.3 Å². The van der Waals surface area contributed by atoms with Gasteiger partial charge in [-0.2, -0.15) is 0 Å². The fourth-order valence-electron chi connectivity index (χ4n) is 2.93. The van der Waals surface area contributed by atoms with Crippen LogP contribution in [0.2, 0.25) is 0 Å². The molecule has 1 saturated heterocycles. The molecule has 2 atom stereocenters. The third-order valence-electron chi connectivity index (χ3n) is 4.20. The van der Waals surface area contributed by atoms with Crippen molar-refractivity contribution in [1.29, 1.82) is 0 Å². The molecule has 2 unspecified atom stereocenters. The normalized spacial score (nSPS) is 21.3. The monoisotopic (exact) mass is 295 g/mol. The summed E-state index contributed by atoms with van der Waals surface area (Å²) in [6, 6.07) is 17.8. The molecule has 3 heteroatoms. The molecule has 3 nitrogen and oxygen atoms in total. The van der Waals surface area contributed by atoms with E-state index in [1.807, 2.05) is 49.4 Å². The van der Waals surface area contributed by atoms with Crippen LogP contribution in [-0.2, 0) is 4.74 Å². The summed E-state index contributed by atoms with van der Waals surface area (Å²) in [6.07, 6.45) is 0.862. The van der Waals surface area contributed by atoms with Crippen LogP contribution in [0.5, 0.6) is 0 Å². The summed E-state index contributed by atoms with van der Waals surface area (Å²) in [5.41, 5.74) is 2.99. The Morgan fingerprint density at radius 2 is 1.82 bits per heavy atom. The number of esters is 1. The molecule has 114 valence electrons. The number of rotatable bonds is 3. The van der Waals surface area contributed by atoms with Crippen LogP contribution in [0.15, 0.2) is 54.6 Å². The van der Waals surface area contributed by atoms with E-state index in [4.69, 9.17) is 4.74 Å². The van der Waals surface area contributed by atoms with Crippen molar-refractivity contribution in [2.45, 2.75) is 25.4 Å². The number of hydrogen-bond acceptors (Lipinski definition) is 3. The van der Waals surface area contributed by atoms with Gasteiger partial charge in [0.15, 0.2) is 0 Å². The maximum absolute atomic E-state index is 12.4. The molecule has 0 radical (unpaired) electrons. The molecule has 1 N–H and O–H groups in total. The SMILES string of the molecule is Cc1ccc(C(=O)OC2CNCCC2c2ccccc2)cc1. The predicted molar refractivity (Wildman–Crippen MR) is 87.1 cm³/mol. The van der Waals surface area contributed by atoms with Crippen molar-refractivity contribution in [3.8, 4) is 0 Å². The lowest BCUT2D eigenvalue weighted by molar-refractivity contribution is 0.0182. The van der Waals surface area contributed by atoms with Crippen LogP contribution < -0.4 is 5.32 Å². The zero-order valence-corrected chi connectivity index (χ0v) is 12.8. The third kappa shape index (κ3) is 3.37. The van der Waals surface area contributed by atoms with E-state index in [1.165, 1.54) is 5.56 Å². The predicted octanol–water partition coefficient (Wildman–Crippen LogP) is 3.30. The molecule has 2 aromatic carbocycles. The summed E-state index contributed by atoms with van der Waals surface area (Å²) in [6.45, 7) is 3.67. The molecule has 0 amide bonds. The van der Waals surface area contributed by atoms with Gasteiger partial charge in [0, 0.05) is 12.5 Å². The first-order valence-corrected chi connectivity index (χ1v) is 7.77. The standard InChI is InChI=1S/C19H21NO2/c1-14-7-9-16(10-8-14)19(21)22-18-13-20-12-11-17(18)15-5-3-2-4-6-15/h2-10,17-18,20H,11-13H2,1H3. The van der Waals surface area contributed by atoms with Gasteiger partial charge in [-0.1, -0.05) is 48.0 Å². The highest BCUT2D eigenvalue weighted by Gasteiger charge is 2.29. The summed E-state index contributed by atoms with van der Waals surface area (Å²) < 4.78 is 5.78. The minimum Gasteiger partial charge on any atom is -0.457 e. The van der Waals surface area contributed by atoms with Crippen LogP contribution in [0.3, 0.4) is 0 Å². The second-order valence-corrected chi connectivity index (χ2v) is 5.82. The summed E-state index contributed by atoms with van der Waals surface area (Å²) in [5, 5.41) is 3.32. The van der Waals surface area contributed by atoms with E-state index in [-0.39, 0.29) is 18.0 Å². The zero-order chi connectivity index (χ0) is 15.4. The number of hydrogen-bond donors (Lipinski definition) is 1. The van der Waals surface area contributed by atoms with Crippen LogP contribution in [0.1, 0.15) is 33.8 Å². The van der Waals surface area contributed by atoms with E-state index >= 15 is 0 Å². The number of ether oxygens (including phenoxy) is 1. The minimum atomic E-state index is -0.241. The van der Waals surface area contributed by atoms with E-state index in [1.54, 1.807) is 0 Å². The molecule has 0 aromatic heterocycles. The van der Waals surface area contributed by atoms with Gasteiger partial charge in [-0.25, -0.2) is 4.79 Å². The van der Waals surface area contributed by atoms with Crippen molar-refractivity contribution >= 4 is 5.97 Å². The lowest BCUT2D eigenvalue weighted by Crippen LogP contribution is -2.42. The Morgan fingerprint density at radius 3 is 2.55 bits per heavy atom. The quantitative estimate of drug-likeness (QED) is 0.883. The van der Waals surface area contributed by atoms with E-state index < -0.39 is 0 Å². The first-order valence-electron chi connectivity index (χ1n) is 7.77. The average molecular weight is 295 g/mol. The highest BCUT2D eigenvalue weighted by Crippen LogP contribution is 2.28. The Kier molecular flexibility index (Phi) is 4.54. The van der Waals surface area contributed by atoms with Crippen molar-refractivity contribution in [3.63, 3.8) is 0 Å². The first kappa shape index (κ1) is 14.8. The first-order chi connectivity index (χ1) is 10.7. The number of aryl methyl sites for hydroxylation is 1. The van der Waals surface area contributed by atoms with Crippen molar-refractivity contribution < 1.29 is 9.53 Å². The van der Waals surface area contributed by atoms with Crippen LogP contribution in [0, 0.1) is 6.92 Å². The van der Waals surface area contributed by atoms with Gasteiger partial charge in [0.2, 0.25) is 0 Å². The van der Waals surface area contributed by atoms with Crippen LogP contribution in [-0.4, -0.2) is 25.2 Å². The van der Waals surface area contributed by atoms with Gasteiger partial charge in [0.1, 0.15) is 6.10 Å². The summed E-state index contributed by atoms with van der Waals surface area (Å²) >= 11 is 0. The summed E-state index contributed by atoms with van der Waals surface area (Å²) in [4.78, 5) is 12.4. The number of benzene rings is 2. The second kappa shape index (κ2) is 6.75. The molecule has 22 heavy (non-hydrogen) atoms. The molecular weight excluding hydrogens is 274 g/mol. The molecule has 1 heterocycles. The molecule has 3 rings (SSSR count). The molecule has 0 bridgehead atoms. The van der Waals surface area contributed by atoms with E-state index in [0.29, 0.717) is 12.1 Å². The topological polar surface area (TPSA) is 38.3 Å². The maximum Gasteiger partial charge on any atom is 0.338 e. The number of piperidine rings is 1. The van der Waals surface area contributed by atoms with Gasteiger partial charge in [0.25, 0.3) is 0 Å². The molecule has 1 aliphatic rings. The van der Waals surface area contributed by atoms with Crippen LogP contribution in [0.4, 0.5) is 0 Å². The van der Waals surface area contributed by atoms with Crippen LogP contribution >= 0.6 is 0 Å². The van der Waals surface area contributed by atoms with Crippen molar-refractivity contribution in [1.82, 2.24) is 5.32 Å². The second-order valence-electron chi connectivity index (χ2n) is 5.82. The van der Waals surface area contributed by atoms with Crippen molar-refractivity contribution in [2.75, 3.05) is 13.1 Å². The van der Waals surface area contributed by atoms with Gasteiger partial charge in [-0.05, 0) is 37.6 Å². The molecule has 1 fully saturated rings. The minimum absolute atomic E-state index is 0.120. The van der Waals surface area contributed by atoms with Gasteiger partial charge in [-0.3, -0.25) is 0 Å². The highest BCUT2D eigenvalue weighted by atomic mass is 16.5. The third-order valence-corrected chi connectivity index (χ3v) is 4.20. The van der Waals surface area contributed by atoms with Crippen LogP contribution in [0.25, 0.3) is 0 Å². The van der Waals surface area contributed by atoms with E-state index in [9.17, 15) is 4.79 Å². The molecule has 1 aliphatic heterocycles. The number of nitrogens with one attached hydrogen (secondary N) is 1. The maximum atomic E-state index is 12.4. The average Bonchev–Trinajstić information content (AvgIpc) is 2.57. The largest absolute Gasteiger partial charge is 0.457 e. The van der Waals surface area contributed by atoms with Crippen molar-refractivity contribution in [2.24, 2.45) is 0 Å². The molecule has 0 saturated carbocycles. The van der Waals surface area contributed by atoms with E-state index in [2.05, 4.69) is 17.4 Å². The molecule has 2 aromatic rings. The van der Waals surface area contributed by atoms with Gasteiger partial charge >= 0.3 is 5.97 Å². The summed E-state index contributed by atoms with van der Waals surface area (Å²) in [5.74, 6) is 0.0199. The Balaban J connectivity index is 1.74. The molecular formula is C19H21NO2. The highest BCUT2D eigenvalue weighted by molar-refractivity contribution is 5.89. The number of carbonyl (C=O) groups excluding carboxylic acids is 1. The zero-order valence-electron chi connectivity index (χ0n) is 12.8. The smallest absolute Gasteiger partial charge is 0.338 e. The molecule has 0 aliphatic carbocycles. The lowest BCUT2D eigenvalue weighted by atomic mass is 9.88. The van der Waals surface area contributed by atoms with E-state index in [0.717, 1.165) is 18.5 Å². The van der Waals surface area contributed by atoms with Gasteiger partial charge in [0.05, 0.1) is 5.56 Å². The Hall–Kier alpha value is -2.13. The Labute approximate surface area is 131 Å². The summed E-state index contributed by atoms with van der Waals surface area (Å²) in [7, 11) is 0. The van der Waals surface area contributed by atoms with Gasteiger partial charge in [-0.15, -0.1) is 0 Å². The fourth-order valence-corrected chi connectivity index (χ4v) is 2.93.